The van der Waals surface area contributed by atoms with Crippen LogP contribution in [0.15, 0.2) is 18.2 Å². The largest absolute Gasteiger partial charge is 0.397 e. The van der Waals surface area contributed by atoms with E-state index >= 15 is 0 Å². The fraction of sp³-hybridized carbons (Fsp3) is 0.533. The van der Waals surface area contributed by atoms with Crippen molar-refractivity contribution in [3.63, 3.8) is 0 Å². The lowest BCUT2D eigenvalue weighted by molar-refractivity contribution is 0.180. The Morgan fingerprint density at radius 3 is 2.79 bits per heavy atom. The number of nitriles is 1. The van der Waals surface area contributed by atoms with E-state index < -0.39 is 0 Å². The smallest absolute Gasteiger partial charge is 0.0992 e. The lowest BCUT2D eigenvalue weighted by Gasteiger charge is -2.32. The number of hydrogen-bond donors (Lipinski definition) is 2. The summed E-state index contributed by atoms with van der Waals surface area (Å²) in [5.74, 6) is 0. The van der Waals surface area contributed by atoms with Gasteiger partial charge in [-0.25, -0.2) is 0 Å². The molecule has 1 aromatic rings. The predicted molar refractivity (Wildman–Crippen MR) is 78.9 cm³/mol. The van der Waals surface area contributed by atoms with Crippen LogP contribution in [-0.4, -0.2) is 30.6 Å². The van der Waals surface area contributed by atoms with E-state index in [1.807, 2.05) is 6.07 Å². The van der Waals surface area contributed by atoms with Crippen LogP contribution in [0.4, 0.5) is 11.4 Å². The van der Waals surface area contributed by atoms with Crippen LogP contribution in [0.5, 0.6) is 0 Å². The lowest BCUT2D eigenvalue weighted by atomic mass is 10.1. The van der Waals surface area contributed by atoms with Gasteiger partial charge in [-0.1, -0.05) is 6.42 Å². The molecule has 0 aliphatic carbocycles. The SMILES string of the molecule is CC(CNc1cc(C#N)ccc1N)N1CCCCC1. The zero-order valence-corrected chi connectivity index (χ0v) is 11.5. The summed E-state index contributed by atoms with van der Waals surface area (Å²) in [5.41, 5.74) is 8.13. The van der Waals surface area contributed by atoms with Crippen LogP contribution in [0.1, 0.15) is 31.7 Å². The van der Waals surface area contributed by atoms with Crippen LogP contribution >= 0.6 is 0 Å². The van der Waals surface area contributed by atoms with Crippen molar-refractivity contribution >= 4 is 11.4 Å². The minimum Gasteiger partial charge on any atom is -0.397 e. The second-order valence-electron chi connectivity index (χ2n) is 5.24. The first-order chi connectivity index (χ1) is 9.20. The van der Waals surface area contributed by atoms with Gasteiger partial charge in [0.25, 0.3) is 0 Å². The molecule has 0 spiro atoms. The summed E-state index contributed by atoms with van der Waals surface area (Å²) in [7, 11) is 0. The third-order valence-electron chi connectivity index (χ3n) is 3.78. The van der Waals surface area contributed by atoms with Gasteiger partial charge in [-0.15, -0.1) is 0 Å². The zero-order chi connectivity index (χ0) is 13.7. The molecular formula is C15H22N4. The molecule has 19 heavy (non-hydrogen) atoms. The minimum atomic E-state index is 0.491. The Balaban J connectivity index is 1.92. The topological polar surface area (TPSA) is 65.1 Å². The molecule has 0 saturated carbocycles. The molecule has 3 N–H and O–H groups in total. The number of benzene rings is 1. The maximum Gasteiger partial charge on any atom is 0.0992 e. The first-order valence-electron chi connectivity index (χ1n) is 6.98. The number of hydrogen-bond acceptors (Lipinski definition) is 4. The Bertz CT molecular complexity index is 458. The molecule has 102 valence electrons. The van der Waals surface area contributed by atoms with Crippen LogP contribution < -0.4 is 11.1 Å². The van der Waals surface area contributed by atoms with Crippen LogP contribution in [0, 0.1) is 11.3 Å². The fourth-order valence-corrected chi connectivity index (χ4v) is 2.52. The van der Waals surface area contributed by atoms with E-state index in [4.69, 9.17) is 11.0 Å². The van der Waals surface area contributed by atoms with Crippen molar-refractivity contribution in [3.8, 4) is 6.07 Å². The van der Waals surface area contributed by atoms with Crippen molar-refractivity contribution in [2.75, 3.05) is 30.7 Å². The molecule has 0 amide bonds. The quantitative estimate of drug-likeness (QED) is 0.814. The zero-order valence-electron chi connectivity index (χ0n) is 11.5. The van der Waals surface area contributed by atoms with E-state index in [1.54, 1.807) is 12.1 Å². The maximum atomic E-state index is 8.91. The molecule has 4 nitrogen and oxygen atoms in total. The number of nitrogens with two attached hydrogens (primary N) is 1. The van der Waals surface area contributed by atoms with Crippen molar-refractivity contribution in [2.24, 2.45) is 0 Å². The Labute approximate surface area is 115 Å². The first kappa shape index (κ1) is 13.7. The summed E-state index contributed by atoms with van der Waals surface area (Å²) < 4.78 is 0. The second-order valence-corrected chi connectivity index (χ2v) is 5.24. The van der Waals surface area contributed by atoms with Gasteiger partial charge in [-0.2, -0.15) is 5.26 Å². The summed E-state index contributed by atoms with van der Waals surface area (Å²) in [6.07, 6.45) is 3.96. The van der Waals surface area contributed by atoms with Crippen molar-refractivity contribution in [2.45, 2.75) is 32.2 Å². The Morgan fingerprint density at radius 2 is 2.11 bits per heavy atom. The fourth-order valence-electron chi connectivity index (χ4n) is 2.52. The molecule has 1 aliphatic heterocycles. The number of rotatable bonds is 4. The van der Waals surface area contributed by atoms with Crippen molar-refractivity contribution in [3.05, 3.63) is 23.8 Å². The summed E-state index contributed by atoms with van der Waals surface area (Å²) in [6, 6.07) is 7.98. The summed E-state index contributed by atoms with van der Waals surface area (Å²) >= 11 is 0. The highest BCUT2D eigenvalue weighted by Crippen LogP contribution is 2.20. The number of piperidine rings is 1. The molecular weight excluding hydrogens is 236 g/mol. The molecule has 2 rings (SSSR count). The van der Waals surface area contributed by atoms with Crippen LogP contribution in [0.25, 0.3) is 0 Å². The lowest BCUT2D eigenvalue weighted by Crippen LogP contribution is -2.41. The van der Waals surface area contributed by atoms with E-state index in [2.05, 4.69) is 23.2 Å². The van der Waals surface area contributed by atoms with E-state index in [0.29, 0.717) is 17.3 Å². The van der Waals surface area contributed by atoms with Crippen molar-refractivity contribution in [1.82, 2.24) is 4.90 Å². The number of nitrogens with zero attached hydrogens (tertiary/aromatic N) is 2. The predicted octanol–water partition coefficient (Wildman–Crippen LogP) is 2.43. The normalized spacial score (nSPS) is 17.7. The summed E-state index contributed by atoms with van der Waals surface area (Å²) in [6.45, 7) is 5.48. The summed E-state index contributed by atoms with van der Waals surface area (Å²) in [4.78, 5) is 2.51. The molecule has 0 radical (unpaired) electrons. The maximum absolute atomic E-state index is 8.91. The molecule has 1 heterocycles. The van der Waals surface area contributed by atoms with Gasteiger partial charge in [0, 0.05) is 12.6 Å². The standard InChI is InChI=1S/C15H22N4/c1-12(19-7-3-2-4-8-19)11-18-15-9-13(10-16)5-6-14(15)17/h5-6,9,12,18H,2-4,7-8,11,17H2,1H3. The van der Waals surface area contributed by atoms with Gasteiger partial charge in [-0.05, 0) is 51.1 Å². The van der Waals surface area contributed by atoms with E-state index in [-0.39, 0.29) is 0 Å². The van der Waals surface area contributed by atoms with E-state index in [0.717, 1.165) is 12.2 Å². The highest BCUT2D eigenvalue weighted by atomic mass is 15.2. The molecule has 0 bridgehead atoms. The first-order valence-corrected chi connectivity index (χ1v) is 6.98. The monoisotopic (exact) mass is 258 g/mol. The van der Waals surface area contributed by atoms with Gasteiger partial charge in [0.2, 0.25) is 0 Å². The highest BCUT2D eigenvalue weighted by molar-refractivity contribution is 5.68. The molecule has 1 aliphatic rings. The van der Waals surface area contributed by atoms with Crippen molar-refractivity contribution < 1.29 is 0 Å². The van der Waals surface area contributed by atoms with Gasteiger partial charge in [0.05, 0.1) is 23.0 Å². The molecule has 1 fully saturated rings. The number of nitrogen functional groups attached to an aromatic ring is 1. The average molecular weight is 258 g/mol. The minimum absolute atomic E-state index is 0.491. The number of likely N-dealkylation sites (tertiary alicyclic amines) is 1. The molecule has 1 aromatic carbocycles. The number of anilines is 2. The van der Waals surface area contributed by atoms with Gasteiger partial charge in [0.1, 0.15) is 0 Å². The molecule has 1 atom stereocenters. The van der Waals surface area contributed by atoms with Gasteiger partial charge < -0.3 is 11.1 Å². The molecule has 1 saturated heterocycles. The average Bonchev–Trinajstić information content (AvgIpc) is 2.47. The van der Waals surface area contributed by atoms with E-state index in [9.17, 15) is 0 Å². The van der Waals surface area contributed by atoms with Crippen molar-refractivity contribution in [1.29, 1.82) is 5.26 Å². The van der Waals surface area contributed by atoms with E-state index in [1.165, 1.54) is 32.4 Å². The highest BCUT2D eigenvalue weighted by Gasteiger charge is 2.16. The van der Waals surface area contributed by atoms with Crippen LogP contribution in [-0.2, 0) is 0 Å². The number of nitrogens with one attached hydrogen (secondary N) is 1. The molecule has 4 heteroatoms. The Hall–Kier alpha value is -1.73. The third-order valence-corrected chi connectivity index (χ3v) is 3.78. The van der Waals surface area contributed by atoms with Crippen LogP contribution in [0.2, 0.25) is 0 Å². The van der Waals surface area contributed by atoms with Gasteiger partial charge >= 0.3 is 0 Å². The van der Waals surface area contributed by atoms with Crippen LogP contribution in [0.3, 0.4) is 0 Å². The third kappa shape index (κ3) is 3.62. The molecule has 0 aromatic heterocycles. The Morgan fingerprint density at radius 1 is 1.37 bits per heavy atom. The Kier molecular flexibility index (Phi) is 4.64. The molecule has 1 unspecified atom stereocenters. The second kappa shape index (κ2) is 6.44. The van der Waals surface area contributed by atoms with Gasteiger partial charge in [0.15, 0.2) is 0 Å². The van der Waals surface area contributed by atoms with Gasteiger partial charge in [-0.3, -0.25) is 4.90 Å². The summed E-state index contributed by atoms with van der Waals surface area (Å²) in [5, 5.41) is 12.3.